The predicted molar refractivity (Wildman–Crippen MR) is 113 cm³/mol. The lowest BCUT2D eigenvalue weighted by Gasteiger charge is -2.11. The van der Waals surface area contributed by atoms with Crippen LogP contribution in [0.2, 0.25) is 5.15 Å². The second-order valence-corrected chi connectivity index (χ2v) is 6.44. The number of fused-ring (bicyclic) bond motifs is 1. The number of carbonyl (C=O) groups excluding carboxylic acids is 1. The predicted octanol–water partition coefficient (Wildman–Crippen LogP) is 5.67. The molecule has 0 bridgehead atoms. The van der Waals surface area contributed by atoms with Gasteiger partial charge in [-0.05, 0) is 47.9 Å². The standard InChI is InChI=1S/C21H16ClN5O/c22-19-12-13-20(27-26-19)23-15-8-10-16(11-9-15)24-21(28)25-18-7-3-5-14-4-1-2-6-17(14)18/h1-13H,(H,23,27)(H2,24,25,28). The molecule has 4 rings (SSSR count). The molecule has 0 unspecified atom stereocenters. The van der Waals surface area contributed by atoms with Gasteiger partial charge in [0.25, 0.3) is 0 Å². The zero-order chi connectivity index (χ0) is 19.3. The summed E-state index contributed by atoms with van der Waals surface area (Å²) in [6.45, 7) is 0. The maximum atomic E-state index is 12.4. The highest BCUT2D eigenvalue weighted by molar-refractivity contribution is 6.29. The zero-order valence-electron chi connectivity index (χ0n) is 14.7. The van der Waals surface area contributed by atoms with Gasteiger partial charge in [-0.25, -0.2) is 4.79 Å². The van der Waals surface area contributed by atoms with Crippen LogP contribution in [0.3, 0.4) is 0 Å². The summed E-state index contributed by atoms with van der Waals surface area (Å²) in [5.74, 6) is 0.582. The van der Waals surface area contributed by atoms with Crippen LogP contribution in [0, 0.1) is 0 Å². The number of nitrogens with one attached hydrogen (secondary N) is 3. The van der Waals surface area contributed by atoms with Crippen LogP contribution in [0.15, 0.2) is 78.9 Å². The Bertz CT molecular complexity index is 1110. The van der Waals surface area contributed by atoms with E-state index in [4.69, 9.17) is 11.6 Å². The minimum Gasteiger partial charge on any atom is -0.339 e. The topological polar surface area (TPSA) is 78.9 Å². The summed E-state index contributed by atoms with van der Waals surface area (Å²) in [7, 11) is 0. The molecular weight excluding hydrogens is 374 g/mol. The number of nitrogens with zero attached hydrogens (tertiary/aromatic N) is 2. The third-order valence-electron chi connectivity index (χ3n) is 4.09. The van der Waals surface area contributed by atoms with E-state index in [1.165, 1.54) is 0 Å². The number of hydrogen-bond acceptors (Lipinski definition) is 4. The van der Waals surface area contributed by atoms with Gasteiger partial charge < -0.3 is 16.0 Å². The van der Waals surface area contributed by atoms with Gasteiger partial charge in [-0.2, -0.15) is 0 Å². The van der Waals surface area contributed by atoms with E-state index in [9.17, 15) is 4.79 Å². The van der Waals surface area contributed by atoms with Crippen molar-refractivity contribution in [3.8, 4) is 0 Å². The number of rotatable bonds is 4. The van der Waals surface area contributed by atoms with E-state index in [0.717, 1.165) is 22.1 Å². The van der Waals surface area contributed by atoms with Crippen LogP contribution in [0.5, 0.6) is 0 Å². The molecule has 3 aromatic carbocycles. The van der Waals surface area contributed by atoms with Gasteiger partial charge in [-0.3, -0.25) is 0 Å². The molecule has 0 atom stereocenters. The molecule has 0 aliphatic rings. The van der Waals surface area contributed by atoms with Crippen LogP contribution in [0.1, 0.15) is 0 Å². The smallest absolute Gasteiger partial charge is 0.323 e. The Labute approximate surface area is 166 Å². The summed E-state index contributed by atoms with van der Waals surface area (Å²) in [6, 6.07) is 24.1. The SMILES string of the molecule is O=C(Nc1ccc(Nc2ccc(Cl)nn2)cc1)Nc1cccc2ccccc12. The maximum Gasteiger partial charge on any atom is 0.323 e. The number of aromatic nitrogens is 2. The Kier molecular flexibility index (Phi) is 5.03. The molecule has 0 radical (unpaired) electrons. The quantitative estimate of drug-likeness (QED) is 0.420. The van der Waals surface area contributed by atoms with Crippen LogP contribution < -0.4 is 16.0 Å². The van der Waals surface area contributed by atoms with E-state index in [1.807, 2.05) is 54.6 Å². The maximum absolute atomic E-state index is 12.4. The molecule has 0 saturated heterocycles. The summed E-state index contributed by atoms with van der Waals surface area (Å²) < 4.78 is 0. The number of anilines is 4. The minimum absolute atomic E-state index is 0.305. The van der Waals surface area contributed by atoms with Gasteiger partial charge >= 0.3 is 6.03 Å². The second kappa shape index (κ2) is 7.94. The molecule has 1 heterocycles. The van der Waals surface area contributed by atoms with Gasteiger partial charge in [0.05, 0.1) is 5.69 Å². The molecule has 28 heavy (non-hydrogen) atoms. The second-order valence-electron chi connectivity index (χ2n) is 6.05. The molecular formula is C21H16ClN5O. The summed E-state index contributed by atoms with van der Waals surface area (Å²) in [4.78, 5) is 12.4. The summed E-state index contributed by atoms with van der Waals surface area (Å²) >= 11 is 5.73. The van der Waals surface area contributed by atoms with Crippen molar-refractivity contribution in [3.63, 3.8) is 0 Å². The van der Waals surface area contributed by atoms with E-state index >= 15 is 0 Å². The van der Waals surface area contributed by atoms with Gasteiger partial charge in [-0.15, -0.1) is 10.2 Å². The first-order valence-corrected chi connectivity index (χ1v) is 8.97. The summed E-state index contributed by atoms with van der Waals surface area (Å²) in [6.07, 6.45) is 0. The third-order valence-corrected chi connectivity index (χ3v) is 4.29. The van der Waals surface area contributed by atoms with E-state index in [-0.39, 0.29) is 6.03 Å². The average Bonchev–Trinajstić information content (AvgIpc) is 2.71. The molecule has 0 fully saturated rings. The van der Waals surface area contributed by atoms with Gasteiger partial charge in [0.15, 0.2) is 11.0 Å². The van der Waals surface area contributed by atoms with Gasteiger partial charge in [0, 0.05) is 16.8 Å². The van der Waals surface area contributed by atoms with Crippen molar-refractivity contribution in [1.29, 1.82) is 0 Å². The monoisotopic (exact) mass is 389 g/mol. The average molecular weight is 390 g/mol. The van der Waals surface area contributed by atoms with Crippen molar-refractivity contribution >= 4 is 51.3 Å². The summed E-state index contributed by atoms with van der Waals surface area (Å²) in [5.41, 5.74) is 2.25. The number of amides is 2. The molecule has 138 valence electrons. The van der Waals surface area contributed by atoms with Crippen molar-refractivity contribution in [3.05, 3.63) is 84.0 Å². The van der Waals surface area contributed by atoms with Crippen molar-refractivity contribution in [2.24, 2.45) is 0 Å². The highest BCUT2D eigenvalue weighted by Gasteiger charge is 2.06. The van der Waals surface area contributed by atoms with Crippen molar-refractivity contribution in [1.82, 2.24) is 10.2 Å². The largest absolute Gasteiger partial charge is 0.339 e. The molecule has 4 aromatic rings. The van der Waals surface area contributed by atoms with Crippen LogP contribution in [-0.2, 0) is 0 Å². The van der Waals surface area contributed by atoms with Crippen LogP contribution in [0.4, 0.5) is 27.7 Å². The van der Waals surface area contributed by atoms with Crippen molar-refractivity contribution < 1.29 is 4.79 Å². The van der Waals surface area contributed by atoms with E-state index < -0.39 is 0 Å². The normalized spacial score (nSPS) is 10.5. The Hall–Kier alpha value is -3.64. The molecule has 7 heteroatoms. The first-order valence-electron chi connectivity index (χ1n) is 8.59. The third kappa shape index (κ3) is 4.19. The number of urea groups is 1. The molecule has 1 aromatic heterocycles. The molecule has 0 aliphatic carbocycles. The number of hydrogen-bond donors (Lipinski definition) is 3. The van der Waals surface area contributed by atoms with Gasteiger partial charge in [0.2, 0.25) is 0 Å². The first kappa shape index (κ1) is 17.8. The fourth-order valence-electron chi connectivity index (χ4n) is 2.79. The number of halogens is 1. The van der Waals surface area contributed by atoms with E-state index in [2.05, 4.69) is 26.1 Å². The van der Waals surface area contributed by atoms with Crippen LogP contribution >= 0.6 is 11.6 Å². The van der Waals surface area contributed by atoms with Gasteiger partial charge in [-0.1, -0.05) is 48.0 Å². The lowest BCUT2D eigenvalue weighted by atomic mass is 10.1. The minimum atomic E-state index is -0.305. The first-order chi connectivity index (χ1) is 13.7. The van der Waals surface area contributed by atoms with E-state index in [0.29, 0.717) is 16.7 Å². The zero-order valence-corrected chi connectivity index (χ0v) is 15.4. The lowest BCUT2D eigenvalue weighted by molar-refractivity contribution is 0.262. The van der Waals surface area contributed by atoms with E-state index in [1.54, 1.807) is 24.3 Å². The molecule has 0 saturated carbocycles. The Morgan fingerprint density at radius 2 is 1.50 bits per heavy atom. The van der Waals surface area contributed by atoms with Crippen molar-refractivity contribution in [2.45, 2.75) is 0 Å². The molecule has 6 nitrogen and oxygen atoms in total. The molecule has 0 spiro atoms. The van der Waals surface area contributed by atoms with Crippen LogP contribution in [0.25, 0.3) is 10.8 Å². The Morgan fingerprint density at radius 1 is 0.750 bits per heavy atom. The van der Waals surface area contributed by atoms with Crippen LogP contribution in [-0.4, -0.2) is 16.2 Å². The van der Waals surface area contributed by atoms with Gasteiger partial charge in [0.1, 0.15) is 0 Å². The molecule has 0 aliphatic heterocycles. The Balaban J connectivity index is 1.41. The highest BCUT2D eigenvalue weighted by Crippen LogP contribution is 2.23. The fraction of sp³-hybridized carbons (Fsp3) is 0. The summed E-state index contributed by atoms with van der Waals surface area (Å²) in [5, 5.41) is 19.0. The fourth-order valence-corrected chi connectivity index (χ4v) is 2.89. The Morgan fingerprint density at radius 3 is 2.29 bits per heavy atom. The number of carbonyl (C=O) groups is 1. The molecule has 3 N–H and O–H groups in total. The highest BCUT2D eigenvalue weighted by atomic mass is 35.5. The number of benzene rings is 3. The molecule has 2 amide bonds. The van der Waals surface area contributed by atoms with Crippen molar-refractivity contribution in [2.75, 3.05) is 16.0 Å². The lowest BCUT2D eigenvalue weighted by Crippen LogP contribution is -2.19.